The van der Waals surface area contributed by atoms with Crippen LogP contribution in [0.3, 0.4) is 0 Å². The number of hydrogen-bond donors (Lipinski definition) is 1. The van der Waals surface area contributed by atoms with Crippen LogP contribution < -0.4 is 10.1 Å². The minimum absolute atomic E-state index is 0.0165. The molecule has 1 heterocycles. The number of hydrogen-bond acceptors (Lipinski definition) is 3. The summed E-state index contributed by atoms with van der Waals surface area (Å²) in [6.07, 6.45) is 2.72. The molecule has 1 fully saturated rings. The highest BCUT2D eigenvalue weighted by Crippen LogP contribution is 2.21. The van der Waals surface area contributed by atoms with E-state index in [0.717, 1.165) is 12.2 Å². The number of piperidine rings is 1. The topological polar surface area (TPSA) is 58.6 Å². The minimum Gasteiger partial charge on any atom is -0.494 e. The number of likely N-dealkylation sites (tertiary alicyclic amines) is 1. The summed E-state index contributed by atoms with van der Waals surface area (Å²) in [5, 5.41) is 2.91. The van der Waals surface area contributed by atoms with Gasteiger partial charge in [0.1, 0.15) is 11.6 Å². The number of nitrogens with one attached hydrogen (secondary N) is 1. The van der Waals surface area contributed by atoms with Crippen molar-refractivity contribution in [2.75, 3.05) is 26.2 Å². The van der Waals surface area contributed by atoms with Crippen molar-refractivity contribution in [2.24, 2.45) is 11.8 Å². The van der Waals surface area contributed by atoms with E-state index in [-0.39, 0.29) is 23.5 Å². The van der Waals surface area contributed by atoms with Crippen LogP contribution >= 0.6 is 0 Å². The third-order valence-electron chi connectivity index (χ3n) is 5.87. The maximum Gasteiger partial charge on any atom is 0.253 e. The van der Waals surface area contributed by atoms with Crippen LogP contribution in [0.5, 0.6) is 5.75 Å². The van der Waals surface area contributed by atoms with Gasteiger partial charge in [0.15, 0.2) is 0 Å². The minimum atomic E-state index is -0.247. The Morgan fingerprint density at radius 1 is 1.09 bits per heavy atom. The van der Waals surface area contributed by atoms with Crippen molar-refractivity contribution in [1.82, 2.24) is 10.2 Å². The molecule has 2 aromatic rings. The Bertz CT molecular complexity index is 890. The molecule has 1 aliphatic heterocycles. The van der Waals surface area contributed by atoms with E-state index in [1.807, 2.05) is 12.1 Å². The summed E-state index contributed by atoms with van der Waals surface area (Å²) >= 11 is 0. The Morgan fingerprint density at radius 2 is 1.78 bits per heavy atom. The van der Waals surface area contributed by atoms with E-state index in [4.69, 9.17) is 4.74 Å². The van der Waals surface area contributed by atoms with E-state index < -0.39 is 0 Å². The lowest BCUT2D eigenvalue weighted by Crippen LogP contribution is -2.43. The lowest BCUT2D eigenvalue weighted by Gasteiger charge is -2.31. The summed E-state index contributed by atoms with van der Waals surface area (Å²) in [7, 11) is 0. The Hall–Kier alpha value is -2.89. The average Bonchev–Trinajstić information content (AvgIpc) is 2.80. The van der Waals surface area contributed by atoms with Crippen molar-refractivity contribution in [2.45, 2.75) is 39.5 Å². The molecule has 0 saturated carbocycles. The number of amides is 2. The summed E-state index contributed by atoms with van der Waals surface area (Å²) in [5.74, 6) is 0.967. The van der Waals surface area contributed by atoms with Gasteiger partial charge in [-0.2, -0.15) is 0 Å². The molecule has 1 N–H and O–H groups in total. The van der Waals surface area contributed by atoms with Crippen molar-refractivity contribution in [3.63, 3.8) is 0 Å². The Balaban J connectivity index is 1.41. The first-order valence-electron chi connectivity index (χ1n) is 11.5. The lowest BCUT2D eigenvalue weighted by atomic mass is 9.95. The summed E-state index contributed by atoms with van der Waals surface area (Å²) in [4.78, 5) is 27.1. The van der Waals surface area contributed by atoms with Gasteiger partial charge in [0.2, 0.25) is 5.91 Å². The molecule has 0 unspecified atom stereocenters. The smallest absolute Gasteiger partial charge is 0.253 e. The highest BCUT2D eigenvalue weighted by atomic mass is 19.1. The SMILES string of the molecule is CC(C)CCOc1ccc(C(=O)N2CCC(C(=O)NCCc3ccccc3F)CC2)cc1. The van der Waals surface area contributed by atoms with Gasteiger partial charge in [0, 0.05) is 31.1 Å². The van der Waals surface area contributed by atoms with Crippen molar-refractivity contribution in [3.05, 3.63) is 65.5 Å². The van der Waals surface area contributed by atoms with Crippen molar-refractivity contribution < 1.29 is 18.7 Å². The number of benzene rings is 2. The molecule has 1 aliphatic rings. The van der Waals surface area contributed by atoms with Crippen LogP contribution in [0.4, 0.5) is 4.39 Å². The van der Waals surface area contributed by atoms with Gasteiger partial charge in [0.25, 0.3) is 5.91 Å². The van der Waals surface area contributed by atoms with Gasteiger partial charge in [-0.1, -0.05) is 32.0 Å². The monoisotopic (exact) mass is 440 g/mol. The molecule has 5 nitrogen and oxygen atoms in total. The third-order valence-corrected chi connectivity index (χ3v) is 5.87. The maximum absolute atomic E-state index is 13.7. The molecule has 172 valence electrons. The van der Waals surface area contributed by atoms with Crippen LogP contribution in [0.25, 0.3) is 0 Å². The van der Waals surface area contributed by atoms with Gasteiger partial charge in [-0.05, 0) is 67.5 Å². The van der Waals surface area contributed by atoms with Crippen LogP contribution in [-0.2, 0) is 11.2 Å². The number of carbonyl (C=O) groups is 2. The second-order valence-electron chi connectivity index (χ2n) is 8.75. The zero-order valence-electron chi connectivity index (χ0n) is 19.0. The van der Waals surface area contributed by atoms with Crippen molar-refractivity contribution in [1.29, 1.82) is 0 Å². The van der Waals surface area contributed by atoms with Crippen LogP contribution in [0.2, 0.25) is 0 Å². The van der Waals surface area contributed by atoms with Gasteiger partial charge in [-0.25, -0.2) is 4.39 Å². The molecular formula is C26H33FN2O3. The number of halogens is 1. The zero-order valence-corrected chi connectivity index (χ0v) is 19.0. The van der Waals surface area contributed by atoms with Crippen molar-refractivity contribution >= 4 is 11.8 Å². The molecule has 2 aromatic carbocycles. The lowest BCUT2D eigenvalue weighted by molar-refractivity contribution is -0.126. The zero-order chi connectivity index (χ0) is 22.9. The van der Waals surface area contributed by atoms with E-state index in [1.165, 1.54) is 6.07 Å². The Kier molecular flexibility index (Phi) is 8.65. The first-order chi connectivity index (χ1) is 15.4. The van der Waals surface area contributed by atoms with E-state index >= 15 is 0 Å². The molecule has 1 saturated heterocycles. The third kappa shape index (κ3) is 6.81. The van der Waals surface area contributed by atoms with E-state index in [9.17, 15) is 14.0 Å². The number of ether oxygens (including phenoxy) is 1. The second-order valence-corrected chi connectivity index (χ2v) is 8.75. The van der Waals surface area contributed by atoms with Crippen LogP contribution in [0, 0.1) is 17.7 Å². The number of rotatable bonds is 9. The molecule has 0 radical (unpaired) electrons. The van der Waals surface area contributed by atoms with Crippen LogP contribution in [0.15, 0.2) is 48.5 Å². The molecular weight excluding hydrogens is 407 g/mol. The first kappa shape index (κ1) is 23.8. The van der Waals surface area contributed by atoms with E-state index in [0.29, 0.717) is 62.5 Å². The predicted octanol–water partition coefficient (Wildman–Crippen LogP) is 4.46. The fourth-order valence-corrected chi connectivity index (χ4v) is 3.80. The van der Waals surface area contributed by atoms with Gasteiger partial charge in [0.05, 0.1) is 6.61 Å². The molecule has 6 heteroatoms. The average molecular weight is 441 g/mol. The molecule has 0 bridgehead atoms. The number of nitrogens with zero attached hydrogens (tertiary/aromatic N) is 1. The molecule has 3 rings (SSSR count). The number of carbonyl (C=O) groups excluding carboxylic acids is 2. The molecule has 32 heavy (non-hydrogen) atoms. The standard InChI is InChI=1S/C26H33FN2O3/c1-19(2)14-18-32-23-9-7-22(8-10-23)26(31)29-16-12-21(13-17-29)25(30)28-15-11-20-5-3-4-6-24(20)27/h3-10,19,21H,11-18H2,1-2H3,(H,28,30). The normalized spacial score (nSPS) is 14.4. The molecule has 0 atom stereocenters. The van der Waals surface area contributed by atoms with E-state index in [1.54, 1.807) is 35.2 Å². The first-order valence-corrected chi connectivity index (χ1v) is 11.5. The largest absolute Gasteiger partial charge is 0.494 e. The highest BCUT2D eigenvalue weighted by molar-refractivity contribution is 5.94. The molecule has 0 spiro atoms. The van der Waals surface area contributed by atoms with Crippen molar-refractivity contribution in [3.8, 4) is 5.75 Å². The summed E-state index contributed by atoms with van der Waals surface area (Å²) < 4.78 is 19.4. The predicted molar refractivity (Wildman–Crippen MR) is 123 cm³/mol. The van der Waals surface area contributed by atoms with Gasteiger partial charge < -0.3 is 15.0 Å². The van der Waals surface area contributed by atoms with Gasteiger partial charge in [-0.15, -0.1) is 0 Å². The Labute approximate surface area is 190 Å². The molecule has 0 aliphatic carbocycles. The quantitative estimate of drug-likeness (QED) is 0.626. The molecule has 2 amide bonds. The summed E-state index contributed by atoms with van der Waals surface area (Å²) in [5.41, 5.74) is 1.23. The van der Waals surface area contributed by atoms with E-state index in [2.05, 4.69) is 19.2 Å². The van der Waals surface area contributed by atoms with Gasteiger partial charge in [-0.3, -0.25) is 9.59 Å². The summed E-state index contributed by atoms with van der Waals surface area (Å²) in [6.45, 7) is 6.49. The maximum atomic E-state index is 13.7. The molecule has 0 aromatic heterocycles. The van der Waals surface area contributed by atoms with Gasteiger partial charge >= 0.3 is 0 Å². The summed E-state index contributed by atoms with van der Waals surface area (Å²) in [6, 6.07) is 13.9. The Morgan fingerprint density at radius 3 is 2.44 bits per heavy atom. The highest BCUT2D eigenvalue weighted by Gasteiger charge is 2.27. The second kappa shape index (κ2) is 11.7. The van der Waals surface area contributed by atoms with Crippen LogP contribution in [0.1, 0.15) is 49.0 Å². The fraction of sp³-hybridized carbons (Fsp3) is 0.462. The van der Waals surface area contributed by atoms with Crippen LogP contribution in [-0.4, -0.2) is 43.0 Å². The fourth-order valence-electron chi connectivity index (χ4n) is 3.80.